The maximum atomic E-state index is 12.5. The molecule has 0 aromatic heterocycles. The summed E-state index contributed by atoms with van der Waals surface area (Å²) >= 11 is 0. The van der Waals surface area contributed by atoms with Gasteiger partial charge in [0.15, 0.2) is 0 Å². The van der Waals surface area contributed by atoms with E-state index in [0.29, 0.717) is 24.4 Å². The Morgan fingerprint density at radius 2 is 1.74 bits per heavy atom. The van der Waals surface area contributed by atoms with Gasteiger partial charge in [0.2, 0.25) is 5.91 Å². The van der Waals surface area contributed by atoms with Crippen LogP contribution in [-0.4, -0.2) is 84.0 Å². The SMILES string of the molecule is CC(C)N1CCN(C(=O)CCC(C)N2CCNCC2(C)C)CC1. The second kappa shape index (κ2) is 7.95. The minimum atomic E-state index is 0.184. The minimum absolute atomic E-state index is 0.184. The van der Waals surface area contributed by atoms with Gasteiger partial charge in [-0.15, -0.1) is 0 Å². The van der Waals surface area contributed by atoms with Gasteiger partial charge in [-0.1, -0.05) is 0 Å². The van der Waals surface area contributed by atoms with E-state index in [0.717, 1.165) is 52.2 Å². The summed E-state index contributed by atoms with van der Waals surface area (Å²) in [4.78, 5) is 19.6. The van der Waals surface area contributed by atoms with Gasteiger partial charge in [0, 0.05) is 69.9 Å². The Kier molecular flexibility index (Phi) is 6.46. The van der Waals surface area contributed by atoms with Gasteiger partial charge in [0.1, 0.15) is 0 Å². The first kappa shape index (κ1) is 18.7. The normalized spacial score (nSPS) is 24.9. The lowest BCUT2D eigenvalue weighted by Crippen LogP contribution is -2.60. The standard InChI is InChI=1S/C18H36N4O/c1-15(2)20-10-12-21(13-11-20)17(23)7-6-16(3)22-9-8-19-14-18(22,4)5/h15-16,19H,6-14H2,1-5H3. The number of nitrogens with one attached hydrogen (secondary N) is 1. The fourth-order valence-corrected chi connectivity index (χ4v) is 3.95. The van der Waals surface area contributed by atoms with Crippen LogP contribution in [-0.2, 0) is 4.79 Å². The average Bonchev–Trinajstić information content (AvgIpc) is 2.52. The highest BCUT2D eigenvalue weighted by Crippen LogP contribution is 2.22. The first-order valence-electron chi connectivity index (χ1n) is 9.30. The van der Waals surface area contributed by atoms with Crippen LogP contribution in [0.25, 0.3) is 0 Å². The molecule has 1 N–H and O–H groups in total. The molecule has 0 saturated carbocycles. The van der Waals surface area contributed by atoms with Crippen LogP contribution in [0.2, 0.25) is 0 Å². The van der Waals surface area contributed by atoms with Crippen LogP contribution in [0.3, 0.4) is 0 Å². The molecule has 0 bridgehead atoms. The van der Waals surface area contributed by atoms with Crippen LogP contribution in [0.5, 0.6) is 0 Å². The predicted molar refractivity (Wildman–Crippen MR) is 95.6 cm³/mol. The number of piperazine rings is 2. The van der Waals surface area contributed by atoms with Gasteiger partial charge in [-0.3, -0.25) is 14.6 Å². The number of hydrogen-bond donors (Lipinski definition) is 1. The number of hydrogen-bond acceptors (Lipinski definition) is 4. The smallest absolute Gasteiger partial charge is 0.222 e. The zero-order valence-corrected chi connectivity index (χ0v) is 15.8. The molecule has 2 fully saturated rings. The molecule has 0 aromatic rings. The molecule has 134 valence electrons. The van der Waals surface area contributed by atoms with Gasteiger partial charge in [-0.05, 0) is 41.0 Å². The highest BCUT2D eigenvalue weighted by atomic mass is 16.2. The Morgan fingerprint density at radius 3 is 2.30 bits per heavy atom. The minimum Gasteiger partial charge on any atom is -0.340 e. The van der Waals surface area contributed by atoms with E-state index in [-0.39, 0.29) is 5.54 Å². The fourth-order valence-electron chi connectivity index (χ4n) is 3.95. The van der Waals surface area contributed by atoms with Crippen molar-refractivity contribution in [3.05, 3.63) is 0 Å². The molecular weight excluding hydrogens is 288 g/mol. The van der Waals surface area contributed by atoms with Crippen LogP contribution in [0.4, 0.5) is 0 Å². The molecule has 2 aliphatic rings. The van der Waals surface area contributed by atoms with Crippen molar-refractivity contribution in [2.24, 2.45) is 0 Å². The van der Waals surface area contributed by atoms with Crippen molar-refractivity contribution in [3.8, 4) is 0 Å². The van der Waals surface area contributed by atoms with E-state index in [1.165, 1.54) is 0 Å². The van der Waals surface area contributed by atoms with Crippen molar-refractivity contribution in [2.75, 3.05) is 45.8 Å². The molecule has 5 nitrogen and oxygen atoms in total. The van der Waals surface area contributed by atoms with Crippen molar-refractivity contribution < 1.29 is 4.79 Å². The van der Waals surface area contributed by atoms with Gasteiger partial charge in [0.25, 0.3) is 0 Å². The molecular formula is C18H36N4O. The number of nitrogens with zero attached hydrogens (tertiary/aromatic N) is 3. The average molecular weight is 325 g/mol. The van der Waals surface area contributed by atoms with E-state index in [2.05, 4.69) is 54.6 Å². The molecule has 1 amide bonds. The molecule has 5 heteroatoms. The Bertz CT molecular complexity index is 388. The predicted octanol–water partition coefficient (Wildman–Crippen LogP) is 1.39. The van der Waals surface area contributed by atoms with E-state index in [9.17, 15) is 4.79 Å². The molecule has 2 aliphatic heterocycles. The zero-order chi connectivity index (χ0) is 17.0. The third-order valence-electron chi connectivity index (χ3n) is 5.57. The molecule has 2 heterocycles. The molecule has 2 rings (SSSR count). The molecule has 1 atom stereocenters. The van der Waals surface area contributed by atoms with Gasteiger partial charge >= 0.3 is 0 Å². The molecule has 2 saturated heterocycles. The summed E-state index contributed by atoms with van der Waals surface area (Å²) in [5.41, 5.74) is 0.184. The van der Waals surface area contributed by atoms with Crippen molar-refractivity contribution >= 4 is 5.91 Å². The monoisotopic (exact) mass is 324 g/mol. The highest BCUT2D eigenvalue weighted by molar-refractivity contribution is 5.76. The van der Waals surface area contributed by atoms with Crippen LogP contribution in [0.15, 0.2) is 0 Å². The van der Waals surface area contributed by atoms with Gasteiger partial charge < -0.3 is 10.2 Å². The first-order valence-corrected chi connectivity index (χ1v) is 9.30. The Morgan fingerprint density at radius 1 is 1.09 bits per heavy atom. The van der Waals surface area contributed by atoms with Gasteiger partial charge in [0.05, 0.1) is 0 Å². The number of rotatable bonds is 5. The molecule has 0 spiro atoms. The Labute approximate surface area is 142 Å². The summed E-state index contributed by atoms with van der Waals surface area (Å²) in [7, 11) is 0. The second-order valence-corrected chi connectivity index (χ2v) is 8.08. The van der Waals surface area contributed by atoms with Crippen LogP contribution in [0.1, 0.15) is 47.5 Å². The number of carbonyl (C=O) groups is 1. The molecule has 0 aromatic carbocycles. The van der Waals surface area contributed by atoms with Crippen LogP contribution < -0.4 is 5.32 Å². The van der Waals surface area contributed by atoms with E-state index in [1.807, 2.05) is 0 Å². The number of carbonyl (C=O) groups excluding carboxylic acids is 1. The van der Waals surface area contributed by atoms with Crippen molar-refractivity contribution in [1.29, 1.82) is 0 Å². The van der Waals surface area contributed by atoms with Crippen molar-refractivity contribution in [1.82, 2.24) is 20.0 Å². The van der Waals surface area contributed by atoms with E-state index in [1.54, 1.807) is 0 Å². The summed E-state index contributed by atoms with van der Waals surface area (Å²) in [6, 6.07) is 1.05. The first-order chi connectivity index (χ1) is 10.8. The zero-order valence-electron chi connectivity index (χ0n) is 15.8. The fraction of sp³-hybridized carbons (Fsp3) is 0.944. The summed E-state index contributed by atoms with van der Waals surface area (Å²) in [6.07, 6.45) is 1.65. The topological polar surface area (TPSA) is 38.8 Å². The van der Waals surface area contributed by atoms with E-state index < -0.39 is 0 Å². The van der Waals surface area contributed by atoms with Crippen molar-refractivity contribution in [2.45, 2.75) is 65.1 Å². The lowest BCUT2D eigenvalue weighted by Gasteiger charge is -2.46. The van der Waals surface area contributed by atoms with Crippen LogP contribution >= 0.6 is 0 Å². The maximum Gasteiger partial charge on any atom is 0.222 e. The van der Waals surface area contributed by atoms with E-state index >= 15 is 0 Å². The van der Waals surface area contributed by atoms with Gasteiger partial charge in [-0.25, -0.2) is 0 Å². The van der Waals surface area contributed by atoms with Crippen molar-refractivity contribution in [3.63, 3.8) is 0 Å². The summed E-state index contributed by atoms with van der Waals surface area (Å²) in [5.74, 6) is 0.341. The third kappa shape index (κ3) is 4.91. The molecule has 0 radical (unpaired) electrons. The summed E-state index contributed by atoms with van der Waals surface area (Å²) in [5, 5.41) is 3.47. The third-order valence-corrected chi connectivity index (χ3v) is 5.57. The largest absolute Gasteiger partial charge is 0.340 e. The lowest BCUT2D eigenvalue weighted by molar-refractivity contribution is -0.133. The molecule has 1 unspecified atom stereocenters. The summed E-state index contributed by atoms with van der Waals surface area (Å²) < 4.78 is 0. The lowest BCUT2D eigenvalue weighted by atomic mass is 9.96. The Balaban J connectivity index is 1.76. The van der Waals surface area contributed by atoms with Gasteiger partial charge in [-0.2, -0.15) is 0 Å². The quantitative estimate of drug-likeness (QED) is 0.829. The number of amides is 1. The molecule has 0 aliphatic carbocycles. The van der Waals surface area contributed by atoms with E-state index in [4.69, 9.17) is 0 Å². The summed E-state index contributed by atoms with van der Waals surface area (Å²) in [6.45, 7) is 18.3. The van der Waals surface area contributed by atoms with Crippen LogP contribution in [0, 0.1) is 0 Å². The second-order valence-electron chi connectivity index (χ2n) is 8.08. The Hall–Kier alpha value is -0.650. The molecule has 23 heavy (non-hydrogen) atoms. The highest BCUT2D eigenvalue weighted by Gasteiger charge is 2.33. The maximum absolute atomic E-state index is 12.5.